The highest BCUT2D eigenvalue weighted by molar-refractivity contribution is 5.96. The summed E-state index contributed by atoms with van der Waals surface area (Å²) < 4.78 is 24.5. The summed E-state index contributed by atoms with van der Waals surface area (Å²) in [7, 11) is 0. The third kappa shape index (κ3) is 4.39. The van der Waals surface area contributed by atoms with Gasteiger partial charge in [-0.1, -0.05) is 31.0 Å². The molecule has 148 valence electrons. The topological polar surface area (TPSA) is 97.6 Å². The smallest absolute Gasteiger partial charge is 0.321 e. The summed E-state index contributed by atoms with van der Waals surface area (Å²) in [6, 6.07) is 8.72. The predicted octanol–water partition coefficient (Wildman–Crippen LogP) is 2.80. The van der Waals surface area contributed by atoms with E-state index in [-0.39, 0.29) is 12.1 Å². The van der Waals surface area contributed by atoms with Crippen LogP contribution >= 0.6 is 0 Å². The summed E-state index contributed by atoms with van der Waals surface area (Å²) in [5.74, 6) is -1.36. The number of carbonyl (C=O) groups excluding carboxylic acids is 3. The van der Waals surface area contributed by atoms with E-state index in [4.69, 9.17) is 9.15 Å². The van der Waals surface area contributed by atoms with Crippen molar-refractivity contribution in [3.63, 3.8) is 0 Å². The zero-order chi connectivity index (χ0) is 20.0. The Labute approximate surface area is 161 Å². The van der Waals surface area contributed by atoms with E-state index in [2.05, 4.69) is 10.6 Å². The van der Waals surface area contributed by atoms with Gasteiger partial charge in [-0.3, -0.25) is 14.9 Å². The molecule has 0 aliphatic heterocycles. The maximum Gasteiger partial charge on any atom is 0.321 e. The molecule has 0 atom stereocenters. The van der Waals surface area contributed by atoms with Gasteiger partial charge in [0, 0.05) is 5.56 Å². The Hall–Kier alpha value is -3.16. The fraction of sp³-hybridized carbons (Fsp3) is 0.350. The van der Waals surface area contributed by atoms with Gasteiger partial charge in [0.25, 0.3) is 5.91 Å². The molecule has 0 radical (unpaired) electrons. The van der Waals surface area contributed by atoms with E-state index in [1.54, 1.807) is 30.3 Å². The van der Waals surface area contributed by atoms with Crippen LogP contribution in [0.25, 0.3) is 0 Å². The molecule has 2 aromatic rings. The summed E-state index contributed by atoms with van der Waals surface area (Å²) >= 11 is 0. The molecule has 3 amide bonds. The minimum Gasteiger partial charge on any atom is -0.467 e. The molecule has 1 heterocycles. The molecule has 0 unspecified atom stereocenters. The van der Waals surface area contributed by atoms with Crippen molar-refractivity contribution < 1.29 is 27.9 Å². The SMILES string of the molecule is O=C(COC(=O)C1(c2ccccc2F)CCCC1)NC(=O)NCc1ccco1. The first kappa shape index (κ1) is 19.6. The maximum absolute atomic E-state index is 14.3. The van der Waals surface area contributed by atoms with Crippen molar-refractivity contribution in [3.05, 3.63) is 59.8 Å². The van der Waals surface area contributed by atoms with Crippen LogP contribution in [0.2, 0.25) is 0 Å². The molecule has 2 N–H and O–H groups in total. The third-order valence-corrected chi connectivity index (χ3v) is 4.83. The lowest BCUT2D eigenvalue weighted by Crippen LogP contribution is -2.43. The van der Waals surface area contributed by atoms with Gasteiger partial charge in [-0.25, -0.2) is 9.18 Å². The molecule has 7 nitrogen and oxygen atoms in total. The highest BCUT2D eigenvalue weighted by Crippen LogP contribution is 2.43. The fourth-order valence-electron chi connectivity index (χ4n) is 3.47. The number of esters is 1. The van der Waals surface area contributed by atoms with E-state index in [0.717, 1.165) is 12.8 Å². The Balaban J connectivity index is 1.54. The quantitative estimate of drug-likeness (QED) is 0.742. The molecule has 1 aliphatic carbocycles. The molecule has 1 saturated carbocycles. The van der Waals surface area contributed by atoms with Crippen LogP contribution in [0, 0.1) is 5.82 Å². The number of amides is 3. The first-order chi connectivity index (χ1) is 13.5. The van der Waals surface area contributed by atoms with Crippen LogP contribution in [0.1, 0.15) is 37.0 Å². The molecule has 28 heavy (non-hydrogen) atoms. The van der Waals surface area contributed by atoms with Crippen molar-refractivity contribution in [1.82, 2.24) is 10.6 Å². The number of ether oxygens (including phenoxy) is 1. The summed E-state index contributed by atoms with van der Waals surface area (Å²) in [5, 5.41) is 4.51. The van der Waals surface area contributed by atoms with Gasteiger partial charge in [0.15, 0.2) is 6.61 Å². The molecule has 1 fully saturated rings. The number of hydrogen-bond acceptors (Lipinski definition) is 5. The lowest BCUT2D eigenvalue weighted by Gasteiger charge is -2.27. The molecular formula is C20H21FN2O5. The summed E-state index contributed by atoms with van der Waals surface area (Å²) in [6.07, 6.45) is 3.92. The van der Waals surface area contributed by atoms with Crippen LogP contribution in [0.3, 0.4) is 0 Å². The number of benzene rings is 1. The molecule has 8 heteroatoms. The number of urea groups is 1. The molecule has 0 saturated heterocycles. The van der Waals surface area contributed by atoms with Gasteiger partial charge < -0.3 is 14.5 Å². The number of rotatable bonds is 6. The third-order valence-electron chi connectivity index (χ3n) is 4.83. The predicted molar refractivity (Wildman–Crippen MR) is 96.6 cm³/mol. The van der Waals surface area contributed by atoms with Gasteiger partial charge in [-0.2, -0.15) is 0 Å². The largest absolute Gasteiger partial charge is 0.467 e. The molecule has 0 spiro atoms. The molecule has 0 bridgehead atoms. The van der Waals surface area contributed by atoms with Crippen molar-refractivity contribution in [2.45, 2.75) is 37.6 Å². The average molecular weight is 388 g/mol. The van der Waals surface area contributed by atoms with E-state index >= 15 is 0 Å². The molecule has 1 aromatic carbocycles. The molecular weight excluding hydrogens is 367 g/mol. The number of carbonyl (C=O) groups is 3. The highest BCUT2D eigenvalue weighted by Gasteiger charge is 2.45. The second-order valence-electron chi connectivity index (χ2n) is 6.66. The summed E-state index contributed by atoms with van der Waals surface area (Å²) in [4.78, 5) is 36.3. The van der Waals surface area contributed by atoms with Crippen LogP contribution in [-0.2, 0) is 26.3 Å². The molecule has 1 aliphatic rings. The molecule has 3 rings (SSSR count). The van der Waals surface area contributed by atoms with Crippen LogP contribution in [0.15, 0.2) is 47.1 Å². The van der Waals surface area contributed by atoms with E-state index in [9.17, 15) is 18.8 Å². The minimum atomic E-state index is -1.09. The van der Waals surface area contributed by atoms with Gasteiger partial charge in [-0.05, 0) is 31.0 Å². The minimum absolute atomic E-state index is 0.113. The lowest BCUT2D eigenvalue weighted by molar-refractivity contribution is -0.154. The molecule has 1 aromatic heterocycles. The first-order valence-electron chi connectivity index (χ1n) is 9.03. The Morgan fingerprint density at radius 1 is 1.11 bits per heavy atom. The first-order valence-corrected chi connectivity index (χ1v) is 9.03. The van der Waals surface area contributed by atoms with Crippen molar-refractivity contribution >= 4 is 17.9 Å². The van der Waals surface area contributed by atoms with Crippen molar-refractivity contribution in [2.75, 3.05) is 6.61 Å². The Morgan fingerprint density at radius 3 is 2.54 bits per heavy atom. The van der Waals surface area contributed by atoms with E-state index in [0.29, 0.717) is 18.6 Å². The zero-order valence-electron chi connectivity index (χ0n) is 15.2. The van der Waals surface area contributed by atoms with Gasteiger partial charge in [0.05, 0.1) is 18.2 Å². The van der Waals surface area contributed by atoms with Crippen LogP contribution in [-0.4, -0.2) is 24.5 Å². The number of halogens is 1. The van der Waals surface area contributed by atoms with Crippen LogP contribution in [0.5, 0.6) is 0 Å². The van der Waals surface area contributed by atoms with Gasteiger partial charge in [-0.15, -0.1) is 0 Å². The van der Waals surface area contributed by atoms with E-state index in [1.807, 2.05) is 0 Å². The highest BCUT2D eigenvalue weighted by atomic mass is 19.1. The lowest BCUT2D eigenvalue weighted by atomic mass is 9.78. The van der Waals surface area contributed by atoms with Gasteiger partial charge >= 0.3 is 12.0 Å². The Bertz CT molecular complexity index is 844. The standard InChI is InChI=1S/C20H21FN2O5/c21-16-8-2-1-7-15(16)20(9-3-4-10-20)18(25)28-13-17(24)23-19(26)22-12-14-6-5-11-27-14/h1-2,5-8,11H,3-4,9-10,12-13H2,(H2,22,23,24,26). The second kappa shape index (κ2) is 8.69. The van der Waals surface area contributed by atoms with Crippen molar-refractivity contribution in [3.8, 4) is 0 Å². The normalized spacial score (nSPS) is 15.0. The van der Waals surface area contributed by atoms with Crippen LogP contribution < -0.4 is 10.6 Å². The maximum atomic E-state index is 14.3. The number of hydrogen-bond donors (Lipinski definition) is 2. The number of furan rings is 1. The average Bonchev–Trinajstić information content (AvgIpc) is 3.37. The van der Waals surface area contributed by atoms with Crippen LogP contribution in [0.4, 0.5) is 9.18 Å². The summed E-state index contributed by atoms with van der Waals surface area (Å²) in [6.45, 7) is -0.508. The van der Waals surface area contributed by atoms with Crippen molar-refractivity contribution in [1.29, 1.82) is 0 Å². The number of nitrogens with one attached hydrogen (secondary N) is 2. The Kier molecular flexibility index (Phi) is 6.08. The van der Waals surface area contributed by atoms with Gasteiger partial charge in [0.1, 0.15) is 11.6 Å². The van der Waals surface area contributed by atoms with Crippen molar-refractivity contribution in [2.24, 2.45) is 0 Å². The monoisotopic (exact) mass is 388 g/mol. The van der Waals surface area contributed by atoms with Gasteiger partial charge in [0.2, 0.25) is 0 Å². The fourth-order valence-corrected chi connectivity index (χ4v) is 3.47. The zero-order valence-corrected chi connectivity index (χ0v) is 15.2. The number of imide groups is 1. The van der Waals surface area contributed by atoms with E-state index in [1.165, 1.54) is 12.3 Å². The summed E-state index contributed by atoms with van der Waals surface area (Å²) in [5.41, 5.74) is -0.804. The Morgan fingerprint density at radius 2 is 1.86 bits per heavy atom. The second-order valence-corrected chi connectivity index (χ2v) is 6.66. The van der Waals surface area contributed by atoms with E-state index < -0.39 is 35.7 Å².